The number of hydrogen-bond acceptors (Lipinski definition) is 6. The van der Waals surface area contributed by atoms with Gasteiger partial charge in [-0.05, 0) is 19.1 Å². The summed E-state index contributed by atoms with van der Waals surface area (Å²) in [5.41, 5.74) is 1.82. The molecule has 1 saturated heterocycles. The largest absolute Gasteiger partial charge is 0.431 e. The normalized spacial score (nSPS) is 26.2. The van der Waals surface area contributed by atoms with Crippen molar-refractivity contribution >= 4 is 17.1 Å². The van der Waals surface area contributed by atoms with Crippen molar-refractivity contribution in [2.24, 2.45) is 10.8 Å². The van der Waals surface area contributed by atoms with Crippen LogP contribution < -0.4 is 16.4 Å². The van der Waals surface area contributed by atoms with Crippen LogP contribution >= 0.6 is 0 Å². The van der Waals surface area contributed by atoms with E-state index in [2.05, 4.69) is 20.6 Å². The number of fused-ring (bicyclic) bond motifs is 1. The molecule has 0 radical (unpaired) electrons. The molecule has 160 valence electrons. The fourth-order valence-corrected chi connectivity index (χ4v) is 3.21. The summed E-state index contributed by atoms with van der Waals surface area (Å²) < 4.78 is 78.3. The molecule has 2 heterocycles. The van der Waals surface area contributed by atoms with Gasteiger partial charge < -0.3 is 10.4 Å². The maximum absolute atomic E-state index is 13.1. The average Bonchev–Trinajstić information content (AvgIpc) is 3.10. The number of benzene rings is 1. The smallest absolute Gasteiger partial charge is 0.400 e. The van der Waals surface area contributed by atoms with Crippen LogP contribution in [0.15, 0.2) is 23.3 Å². The summed E-state index contributed by atoms with van der Waals surface area (Å²) in [6, 6.07) is 2.99. The summed E-state index contributed by atoms with van der Waals surface area (Å²) in [5, 5.41) is 17.1. The molecule has 0 amide bonds. The molecule has 7 nitrogen and oxygen atoms in total. The van der Waals surface area contributed by atoms with Crippen LogP contribution in [0.2, 0.25) is 0 Å². The molecule has 0 aromatic heterocycles. The third-order valence-corrected chi connectivity index (χ3v) is 4.56. The van der Waals surface area contributed by atoms with Gasteiger partial charge >= 0.3 is 12.4 Å². The molecule has 13 heteroatoms. The number of anilines is 1. The van der Waals surface area contributed by atoms with Crippen LogP contribution in [0.25, 0.3) is 4.85 Å². The van der Waals surface area contributed by atoms with E-state index in [0.29, 0.717) is 0 Å². The van der Waals surface area contributed by atoms with E-state index in [1.807, 2.05) is 0 Å². The predicted molar refractivity (Wildman–Crippen MR) is 92.7 cm³/mol. The highest BCUT2D eigenvalue weighted by molar-refractivity contribution is 5.92. The minimum absolute atomic E-state index is 0.0111. The number of alkyl halides is 6. The highest BCUT2D eigenvalue weighted by Crippen LogP contribution is 2.42. The Morgan fingerprint density at radius 1 is 1.28 bits per heavy atom. The molecule has 3 atom stereocenters. The third-order valence-electron chi connectivity index (χ3n) is 4.56. The molecular weight excluding hydrogens is 406 g/mol. The Hall–Kier alpha value is -2.56. The Kier molecular flexibility index (Phi) is 6.03. The van der Waals surface area contributed by atoms with E-state index < -0.39 is 53.7 Å². The number of aliphatic hydroxyl groups is 1. The van der Waals surface area contributed by atoms with E-state index in [1.165, 1.54) is 13.0 Å². The first kappa shape index (κ1) is 22.7. The predicted octanol–water partition coefficient (Wildman–Crippen LogP) is 2.83. The van der Waals surface area contributed by atoms with Crippen LogP contribution in [0.5, 0.6) is 0 Å². The van der Waals surface area contributed by atoms with Crippen molar-refractivity contribution in [1.29, 1.82) is 0 Å². The van der Waals surface area contributed by atoms with Crippen LogP contribution in [0.3, 0.4) is 0 Å². The molecule has 0 saturated carbocycles. The maximum atomic E-state index is 13.1. The lowest BCUT2D eigenvalue weighted by Gasteiger charge is -2.32. The lowest BCUT2D eigenvalue weighted by molar-refractivity contribution is -0.136. The molecule has 0 aliphatic carbocycles. The first-order valence-electron chi connectivity index (χ1n) is 8.12. The maximum Gasteiger partial charge on any atom is 0.431 e. The second-order valence-electron chi connectivity index (χ2n) is 6.45. The Bertz CT molecular complexity index is 833. The SMILES string of the molecule is CO.[C-]#[N+]c1ccc(NC2NC(N)N3N=C(C(F)(F)F)C[C@]23C)cc1C(F)(F)F. The van der Waals surface area contributed by atoms with Gasteiger partial charge in [0.25, 0.3) is 0 Å². The van der Waals surface area contributed by atoms with Gasteiger partial charge in [-0.3, -0.25) is 16.1 Å². The summed E-state index contributed by atoms with van der Waals surface area (Å²) in [4.78, 5) is 2.84. The van der Waals surface area contributed by atoms with Gasteiger partial charge in [0.05, 0.1) is 17.7 Å². The highest BCUT2D eigenvalue weighted by Gasteiger charge is 2.57. The number of nitrogens with two attached hydrogens (primary N) is 1. The van der Waals surface area contributed by atoms with E-state index in [-0.39, 0.29) is 5.69 Å². The molecule has 1 aromatic carbocycles. The van der Waals surface area contributed by atoms with Crippen LogP contribution in [0, 0.1) is 6.57 Å². The van der Waals surface area contributed by atoms with Crippen molar-refractivity contribution in [2.45, 2.75) is 43.7 Å². The van der Waals surface area contributed by atoms with Crippen LogP contribution in [0.1, 0.15) is 18.9 Å². The molecule has 1 aromatic rings. The lowest BCUT2D eigenvalue weighted by Crippen LogP contribution is -2.50. The van der Waals surface area contributed by atoms with Gasteiger partial charge in [0.2, 0.25) is 0 Å². The van der Waals surface area contributed by atoms with Gasteiger partial charge in [0, 0.05) is 19.2 Å². The fraction of sp³-hybridized carbons (Fsp3) is 0.500. The van der Waals surface area contributed by atoms with Crippen LogP contribution in [-0.4, -0.2) is 47.1 Å². The van der Waals surface area contributed by atoms with E-state index >= 15 is 0 Å². The molecule has 29 heavy (non-hydrogen) atoms. The number of nitrogens with zero attached hydrogens (tertiary/aromatic N) is 3. The van der Waals surface area contributed by atoms with Crippen molar-refractivity contribution in [1.82, 2.24) is 10.3 Å². The quantitative estimate of drug-likeness (QED) is 0.433. The number of hydrogen-bond donors (Lipinski definition) is 4. The number of hydrazone groups is 1. The van der Waals surface area contributed by atoms with Gasteiger partial charge in [0.1, 0.15) is 11.9 Å². The monoisotopic (exact) mass is 424 g/mol. The van der Waals surface area contributed by atoms with Crippen molar-refractivity contribution in [3.63, 3.8) is 0 Å². The first-order chi connectivity index (χ1) is 13.4. The summed E-state index contributed by atoms with van der Waals surface area (Å²) in [5.74, 6) is 0. The number of halogens is 6. The minimum atomic E-state index is -4.74. The van der Waals surface area contributed by atoms with Crippen molar-refractivity contribution in [2.75, 3.05) is 12.4 Å². The van der Waals surface area contributed by atoms with Gasteiger partial charge in [-0.2, -0.15) is 31.4 Å². The van der Waals surface area contributed by atoms with E-state index in [9.17, 15) is 26.3 Å². The Morgan fingerprint density at radius 2 is 1.90 bits per heavy atom. The zero-order valence-corrected chi connectivity index (χ0v) is 15.2. The zero-order chi connectivity index (χ0) is 22.2. The van der Waals surface area contributed by atoms with Crippen molar-refractivity contribution in [3.05, 3.63) is 35.2 Å². The molecule has 2 aliphatic rings. The molecule has 0 bridgehead atoms. The number of nitrogens with one attached hydrogen (secondary N) is 2. The topological polar surface area (TPSA) is 90.3 Å². The summed E-state index contributed by atoms with van der Waals surface area (Å²) in [6.45, 7) is 8.32. The molecule has 3 rings (SSSR count). The van der Waals surface area contributed by atoms with Gasteiger partial charge in [0.15, 0.2) is 12.0 Å². The van der Waals surface area contributed by atoms with Crippen molar-refractivity contribution in [3.8, 4) is 0 Å². The Balaban J connectivity index is 0.00000145. The van der Waals surface area contributed by atoms with Crippen molar-refractivity contribution < 1.29 is 31.4 Å². The average molecular weight is 424 g/mol. The van der Waals surface area contributed by atoms with E-state index in [1.54, 1.807) is 0 Å². The fourth-order valence-electron chi connectivity index (χ4n) is 3.21. The lowest BCUT2D eigenvalue weighted by atomic mass is 9.93. The Labute approximate surface area is 162 Å². The van der Waals surface area contributed by atoms with E-state index in [4.69, 9.17) is 17.4 Å². The van der Waals surface area contributed by atoms with Crippen LogP contribution in [-0.2, 0) is 6.18 Å². The molecule has 0 spiro atoms. The number of aliphatic hydroxyl groups excluding tert-OH is 1. The first-order valence-corrected chi connectivity index (χ1v) is 8.12. The second kappa shape index (κ2) is 7.69. The molecule has 2 aliphatic heterocycles. The summed E-state index contributed by atoms with van der Waals surface area (Å²) in [6.07, 6.45) is -11.8. The third kappa shape index (κ3) is 4.24. The molecule has 1 fully saturated rings. The van der Waals surface area contributed by atoms with Gasteiger partial charge in [-0.15, -0.1) is 0 Å². The standard InChI is InChI=1S/C15H14F6N6.CH4O/c1-13-6-10(15(19,20)21)26-27(13)12(22)25-11(13)24-7-3-4-9(23-2)8(5-7)14(16,17)18;1-2/h3-5,11-12,24-25H,6,22H2,1H3;2H,1H3/t11?,12?,13-;/m1./s1. The van der Waals surface area contributed by atoms with Gasteiger partial charge in [-0.25, -0.2) is 4.85 Å². The minimum Gasteiger partial charge on any atom is -0.400 e. The highest BCUT2D eigenvalue weighted by atomic mass is 19.4. The molecule has 2 unspecified atom stereocenters. The second-order valence-corrected chi connectivity index (χ2v) is 6.45. The van der Waals surface area contributed by atoms with Crippen LogP contribution in [0.4, 0.5) is 37.7 Å². The zero-order valence-electron chi connectivity index (χ0n) is 15.2. The summed E-state index contributed by atoms with van der Waals surface area (Å²) in [7, 11) is 1.00. The molecular formula is C16H18F6N6O. The number of rotatable bonds is 2. The van der Waals surface area contributed by atoms with Gasteiger partial charge in [-0.1, -0.05) is 6.07 Å². The summed E-state index contributed by atoms with van der Waals surface area (Å²) >= 11 is 0. The van der Waals surface area contributed by atoms with E-state index in [0.717, 1.165) is 24.3 Å². The molecule has 5 N–H and O–H groups in total. The Morgan fingerprint density at radius 3 is 2.41 bits per heavy atom.